The molecule has 1 atom stereocenters. The lowest BCUT2D eigenvalue weighted by atomic mass is 10.00. The monoisotopic (exact) mass is 436 g/mol. The van der Waals surface area contributed by atoms with E-state index >= 15 is 0 Å². The molecule has 172 valence electrons. The summed E-state index contributed by atoms with van der Waals surface area (Å²) >= 11 is 0. The molecule has 0 aliphatic carbocycles. The lowest BCUT2D eigenvalue weighted by Gasteiger charge is -2.34. The van der Waals surface area contributed by atoms with Crippen LogP contribution in [0.5, 0.6) is 0 Å². The highest BCUT2D eigenvalue weighted by molar-refractivity contribution is 5.94. The minimum atomic E-state index is -0.581. The molecule has 6 heteroatoms. The predicted molar refractivity (Wildman–Crippen MR) is 128 cm³/mol. The Balaban J connectivity index is 1.23. The molecule has 0 radical (unpaired) electrons. The Morgan fingerprint density at radius 2 is 1.72 bits per heavy atom. The predicted octanol–water partition coefficient (Wildman–Crippen LogP) is 1.97. The summed E-state index contributed by atoms with van der Waals surface area (Å²) in [4.78, 5) is 19.9. The van der Waals surface area contributed by atoms with Crippen LogP contribution in [0.2, 0.25) is 0 Å². The molecule has 0 aromatic heterocycles. The van der Waals surface area contributed by atoms with Gasteiger partial charge in [-0.1, -0.05) is 43.3 Å². The van der Waals surface area contributed by atoms with Crippen molar-refractivity contribution in [1.82, 2.24) is 20.0 Å². The van der Waals surface area contributed by atoms with Crippen molar-refractivity contribution in [3.8, 4) is 0 Å². The fourth-order valence-corrected chi connectivity index (χ4v) is 4.72. The van der Waals surface area contributed by atoms with Gasteiger partial charge in [0.1, 0.15) is 0 Å². The Kier molecular flexibility index (Phi) is 7.92. The molecule has 6 nitrogen and oxygen atoms in total. The van der Waals surface area contributed by atoms with Gasteiger partial charge in [-0.3, -0.25) is 14.6 Å². The second-order valence-electron chi connectivity index (χ2n) is 9.03. The lowest BCUT2D eigenvalue weighted by Crippen LogP contribution is -2.45. The Labute approximate surface area is 191 Å². The van der Waals surface area contributed by atoms with Gasteiger partial charge in [0.15, 0.2) is 0 Å². The van der Waals surface area contributed by atoms with Crippen molar-refractivity contribution >= 4 is 5.91 Å². The Morgan fingerprint density at radius 3 is 2.50 bits per heavy atom. The molecule has 0 saturated carbocycles. The third-order valence-electron chi connectivity index (χ3n) is 6.68. The van der Waals surface area contributed by atoms with E-state index < -0.39 is 6.10 Å². The highest BCUT2D eigenvalue weighted by Gasteiger charge is 2.19. The molecule has 1 saturated heterocycles. The van der Waals surface area contributed by atoms with Crippen molar-refractivity contribution in [2.24, 2.45) is 0 Å². The first-order chi connectivity index (χ1) is 15.6. The second kappa shape index (κ2) is 11.1. The molecule has 1 amide bonds. The van der Waals surface area contributed by atoms with E-state index in [1.54, 1.807) is 0 Å². The zero-order valence-corrected chi connectivity index (χ0v) is 19.2. The van der Waals surface area contributed by atoms with Crippen LogP contribution in [0.1, 0.15) is 34.0 Å². The lowest BCUT2D eigenvalue weighted by molar-refractivity contribution is 0.0841. The van der Waals surface area contributed by atoms with E-state index in [1.165, 1.54) is 11.1 Å². The molecule has 1 fully saturated rings. The number of amides is 1. The summed E-state index contributed by atoms with van der Waals surface area (Å²) in [6.45, 7) is 11.2. The fourth-order valence-electron chi connectivity index (χ4n) is 4.72. The standard InChI is InChI=1S/C26H36N4O2/c1-2-28-12-14-29(15-13-28)18-21-6-5-9-23(16-21)26(32)27-17-25(31)20-30-11-10-22-7-3-4-8-24(22)19-30/h3-9,16,25,31H,2,10-15,17-20H2,1H3,(H,27,32). The number of nitrogens with one attached hydrogen (secondary N) is 1. The summed E-state index contributed by atoms with van der Waals surface area (Å²) in [6, 6.07) is 16.4. The number of rotatable bonds is 8. The van der Waals surface area contributed by atoms with Gasteiger partial charge in [0.05, 0.1) is 6.10 Å². The van der Waals surface area contributed by atoms with E-state index in [9.17, 15) is 9.90 Å². The number of fused-ring (bicyclic) bond motifs is 1. The molecule has 32 heavy (non-hydrogen) atoms. The molecule has 2 N–H and O–H groups in total. The molecular weight excluding hydrogens is 400 g/mol. The Bertz CT molecular complexity index is 895. The van der Waals surface area contributed by atoms with E-state index in [2.05, 4.69) is 57.3 Å². The molecule has 4 rings (SSSR count). The maximum absolute atomic E-state index is 12.7. The van der Waals surface area contributed by atoms with E-state index in [1.807, 2.05) is 18.2 Å². The van der Waals surface area contributed by atoms with Crippen molar-refractivity contribution in [3.63, 3.8) is 0 Å². The normalized spacial score (nSPS) is 18.8. The quantitative estimate of drug-likeness (QED) is 0.663. The van der Waals surface area contributed by atoms with Crippen LogP contribution in [0.15, 0.2) is 48.5 Å². The minimum Gasteiger partial charge on any atom is -0.390 e. The molecule has 2 aromatic rings. The Hall–Kier alpha value is -2.25. The number of hydrogen-bond acceptors (Lipinski definition) is 5. The summed E-state index contributed by atoms with van der Waals surface area (Å²) in [5, 5.41) is 13.4. The molecule has 1 unspecified atom stereocenters. The summed E-state index contributed by atoms with van der Waals surface area (Å²) < 4.78 is 0. The highest BCUT2D eigenvalue weighted by Crippen LogP contribution is 2.18. The average Bonchev–Trinajstić information content (AvgIpc) is 2.83. The fraction of sp³-hybridized carbons (Fsp3) is 0.500. The van der Waals surface area contributed by atoms with Crippen LogP contribution in [0.3, 0.4) is 0 Å². The van der Waals surface area contributed by atoms with Crippen LogP contribution in [0.4, 0.5) is 0 Å². The van der Waals surface area contributed by atoms with Crippen LogP contribution >= 0.6 is 0 Å². The molecule has 0 bridgehead atoms. The largest absolute Gasteiger partial charge is 0.390 e. The van der Waals surface area contributed by atoms with Gasteiger partial charge in [0, 0.05) is 64.5 Å². The zero-order valence-electron chi connectivity index (χ0n) is 19.2. The second-order valence-corrected chi connectivity index (χ2v) is 9.03. The molecule has 2 heterocycles. The summed E-state index contributed by atoms with van der Waals surface area (Å²) in [5.74, 6) is -0.120. The Morgan fingerprint density at radius 1 is 0.969 bits per heavy atom. The van der Waals surface area contributed by atoms with E-state index in [0.717, 1.165) is 64.3 Å². The minimum absolute atomic E-state index is 0.120. The molecule has 2 aliphatic rings. The van der Waals surface area contributed by atoms with Crippen molar-refractivity contribution in [1.29, 1.82) is 0 Å². The van der Waals surface area contributed by atoms with Gasteiger partial charge < -0.3 is 15.3 Å². The smallest absolute Gasteiger partial charge is 0.251 e. The zero-order chi connectivity index (χ0) is 22.3. The van der Waals surface area contributed by atoms with Gasteiger partial charge in [-0.05, 0) is 41.8 Å². The van der Waals surface area contributed by atoms with Crippen molar-refractivity contribution in [2.75, 3.05) is 52.4 Å². The number of carbonyl (C=O) groups is 1. The van der Waals surface area contributed by atoms with Gasteiger partial charge in [-0.2, -0.15) is 0 Å². The van der Waals surface area contributed by atoms with Crippen LogP contribution in [-0.2, 0) is 19.5 Å². The summed E-state index contributed by atoms with van der Waals surface area (Å²) in [6.07, 6.45) is 0.428. The van der Waals surface area contributed by atoms with Gasteiger partial charge in [0.2, 0.25) is 0 Å². The van der Waals surface area contributed by atoms with Crippen LogP contribution in [0.25, 0.3) is 0 Å². The van der Waals surface area contributed by atoms with Gasteiger partial charge in [-0.15, -0.1) is 0 Å². The highest BCUT2D eigenvalue weighted by atomic mass is 16.3. The number of nitrogens with zero attached hydrogens (tertiary/aromatic N) is 3. The van der Waals surface area contributed by atoms with Crippen molar-refractivity contribution < 1.29 is 9.90 Å². The van der Waals surface area contributed by atoms with E-state index in [4.69, 9.17) is 0 Å². The maximum atomic E-state index is 12.7. The first-order valence-corrected chi connectivity index (χ1v) is 11.9. The van der Waals surface area contributed by atoms with Crippen LogP contribution in [0, 0.1) is 0 Å². The molecule has 0 spiro atoms. The number of β-amino-alcohol motifs (C(OH)–C–C–N with tert-alkyl or cyclic N) is 1. The third-order valence-corrected chi connectivity index (χ3v) is 6.68. The van der Waals surface area contributed by atoms with E-state index in [-0.39, 0.29) is 12.5 Å². The number of likely N-dealkylation sites (N-methyl/N-ethyl adjacent to an activating group) is 1. The topological polar surface area (TPSA) is 59.1 Å². The van der Waals surface area contributed by atoms with Gasteiger partial charge in [-0.25, -0.2) is 0 Å². The first-order valence-electron chi connectivity index (χ1n) is 11.9. The third kappa shape index (κ3) is 6.17. The number of piperazine rings is 1. The van der Waals surface area contributed by atoms with Crippen LogP contribution < -0.4 is 5.32 Å². The van der Waals surface area contributed by atoms with Gasteiger partial charge in [0.25, 0.3) is 5.91 Å². The average molecular weight is 437 g/mol. The van der Waals surface area contributed by atoms with Crippen LogP contribution in [-0.4, -0.2) is 84.2 Å². The number of carbonyl (C=O) groups excluding carboxylic acids is 1. The first kappa shape index (κ1) is 22.9. The SMILES string of the molecule is CCN1CCN(Cc2cccc(C(=O)NCC(O)CN3CCc4ccccc4C3)c2)CC1. The maximum Gasteiger partial charge on any atom is 0.251 e. The molecule has 2 aliphatic heterocycles. The number of hydrogen-bond donors (Lipinski definition) is 2. The number of aliphatic hydroxyl groups is 1. The van der Waals surface area contributed by atoms with Crippen molar-refractivity contribution in [2.45, 2.75) is 32.5 Å². The van der Waals surface area contributed by atoms with Gasteiger partial charge >= 0.3 is 0 Å². The number of aliphatic hydroxyl groups excluding tert-OH is 1. The molecular formula is C26H36N4O2. The summed E-state index contributed by atoms with van der Waals surface area (Å²) in [7, 11) is 0. The summed E-state index contributed by atoms with van der Waals surface area (Å²) in [5.41, 5.74) is 4.56. The van der Waals surface area contributed by atoms with Crippen molar-refractivity contribution in [3.05, 3.63) is 70.8 Å². The molecule has 2 aromatic carbocycles. The number of benzene rings is 2. The van der Waals surface area contributed by atoms with E-state index in [0.29, 0.717) is 12.1 Å².